The van der Waals surface area contributed by atoms with Crippen molar-refractivity contribution in [3.63, 3.8) is 0 Å². The van der Waals surface area contributed by atoms with Crippen LogP contribution < -0.4 is 0 Å². The standard InChI is InChI=1S/C19H32O2/c1-19-10-3-5-16(19)14-8-7-13-4-2-6-17(21-12-20)18(13)15(14)9-11-19/h13-18,20H,2-12H2,1H3/t13-,14+,15-,16-,17?,18-,19-/m0/s1. The lowest BCUT2D eigenvalue weighted by atomic mass is 9.50. The van der Waals surface area contributed by atoms with Gasteiger partial charge in [0.05, 0.1) is 6.10 Å². The number of rotatable bonds is 2. The van der Waals surface area contributed by atoms with Crippen LogP contribution in [0, 0.1) is 35.0 Å². The van der Waals surface area contributed by atoms with Crippen molar-refractivity contribution in [2.24, 2.45) is 35.0 Å². The van der Waals surface area contributed by atoms with E-state index in [2.05, 4.69) is 6.92 Å². The number of aliphatic hydroxyl groups excluding tert-OH is 1. The average Bonchev–Trinajstić information content (AvgIpc) is 2.89. The van der Waals surface area contributed by atoms with Gasteiger partial charge in [0, 0.05) is 0 Å². The van der Waals surface area contributed by atoms with E-state index in [4.69, 9.17) is 4.74 Å². The third kappa shape index (κ3) is 2.28. The van der Waals surface area contributed by atoms with Crippen molar-refractivity contribution in [3.05, 3.63) is 0 Å². The van der Waals surface area contributed by atoms with Gasteiger partial charge >= 0.3 is 0 Å². The molecule has 4 aliphatic carbocycles. The summed E-state index contributed by atoms with van der Waals surface area (Å²) < 4.78 is 5.79. The van der Waals surface area contributed by atoms with E-state index in [-0.39, 0.29) is 6.79 Å². The van der Waals surface area contributed by atoms with Gasteiger partial charge in [0.15, 0.2) is 0 Å². The molecular weight excluding hydrogens is 260 g/mol. The smallest absolute Gasteiger partial charge is 0.143 e. The fraction of sp³-hybridized carbons (Fsp3) is 1.00. The largest absolute Gasteiger partial charge is 0.371 e. The van der Waals surface area contributed by atoms with Gasteiger partial charge in [-0.1, -0.05) is 19.8 Å². The molecule has 1 unspecified atom stereocenters. The Kier molecular flexibility index (Phi) is 3.82. The molecule has 2 nitrogen and oxygen atoms in total. The second-order valence-corrected chi connectivity index (χ2v) is 8.70. The zero-order chi connectivity index (χ0) is 14.4. The van der Waals surface area contributed by atoms with Crippen molar-refractivity contribution in [1.82, 2.24) is 0 Å². The lowest BCUT2D eigenvalue weighted by Crippen LogP contribution is -2.51. The Morgan fingerprint density at radius 2 is 1.86 bits per heavy atom. The number of aliphatic hydroxyl groups is 1. The van der Waals surface area contributed by atoms with E-state index in [9.17, 15) is 5.11 Å². The fourth-order valence-electron chi connectivity index (χ4n) is 7.13. The van der Waals surface area contributed by atoms with Crippen LogP contribution in [0.1, 0.15) is 71.1 Å². The average molecular weight is 292 g/mol. The Bertz CT molecular complexity index is 380. The van der Waals surface area contributed by atoms with Crippen molar-refractivity contribution in [3.8, 4) is 0 Å². The second kappa shape index (κ2) is 5.53. The van der Waals surface area contributed by atoms with Crippen molar-refractivity contribution < 1.29 is 9.84 Å². The van der Waals surface area contributed by atoms with Gasteiger partial charge in [-0.3, -0.25) is 0 Å². The molecular formula is C19H32O2. The normalized spacial score (nSPS) is 52.9. The van der Waals surface area contributed by atoms with Crippen LogP contribution in [0.25, 0.3) is 0 Å². The lowest BCUT2D eigenvalue weighted by molar-refractivity contribution is -0.148. The molecule has 0 spiro atoms. The van der Waals surface area contributed by atoms with Crippen LogP contribution in [0.15, 0.2) is 0 Å². The summed E-state index contributed by atoms with van der Waals surface area (Å²) in [5.74, 6) is 4.51. The van der Waals surface area contributed by atoms with Crippen LogP contribution in [-0.4, -0.2) is 18.0 Å². The molecule has 21 heavy (non-hydrogen) atoms. The highest BCUT2D eigenvalue weighted by Crippen LogP contribution is 2.62. The SMILES string of the molecule is C[C@@]12CCC[C@H]1[C@@H]1CC[C@@H]3CCCC(OCO)[C@@H]3[C@H]1CC2. The third-order valence-electron chi connectivity index (χ3n) is 7.96. The van der Waals surface area contributed by atoms with E-state index in [0.29, 0.717) is 11.5 Å². The summed E-state index contributed by atoms with van der Waals surface area (Å²) >= 11 is 0. The maximum atomic E-state index is 9.27. The quantitative estimate of drug-likeness (QED) is 0.766. The molecule has 4 aliphatic rings. The van der Waals surface area contributed by atoms with Gasteiger partial charge in [0.25, 0.3) is 0 Å². The topological polar surface area (TPSA) is 29.5 Å². The molecule has 2 heteroatoms. The van der Waals surface area contributed by atoms with Crippen molar-refractivity contribution in [2.75, 3.05) is 6.79 Å². The highest BCUT2D eigenvalue weighted by molar-refractivity contribution is 5.04. The van der Waals surface area contributed by atoms with Gasteiger partial charge in [-0.25, -0.2) is 0 Å². The highest BCUT2D eigenvalue weighted by atomic mass is 16.6. The third-order valence-corrected chi connectivity index (χ3v) is 7.96. The fourth-order valence-corrected chi connectivity index (χ4v) is 7.13. The molecule has 120 valence electrons. The maximum Gasteiger partial charge on any atom is 0.143 e. The van der Waals surface area contributed by atoms with E-state index >= 15 is 0 Å². The Balaban J connectivity index is 1.58. The molecule has 0 aromatic carbocycles. The molecule has 4 rings (SSSR count). The summed E-state index contributed by atoms with van der Waals surface area (Å²) in [7, 11) is 0. The zero-order valence-corrected chi connectivity index (χ0v) is 13.6. The van der Waals surface area contributed by atoms with E-state index in [1.165, 1.54) is 64.2 Å². The summed E-state index contributed by atoms with van der Waals surface area (Å²) in [6, 6.07) is 0. The molecule has 0 radical (unpaired) electrons. The molecule has 4 fully saturated rings. The van der Waals surface area contributed by atoms with Crippen molar-refractivity contribution in [1.29, 1.82) is 0 Å². The predicted octanol–water partition coefficient (Wildman–Crippen LogP) is 4.36. The molecule has 0 saturated heterocycles. The molecule has 0 aromatic heterocycles. The van der Waals surface area contributed by atoms with Gasteiger partial charge in [0.1, 0.15) is 6.79 Å². The van der Waals surface area contributed by atoms with Gasteiger partial charge in [0.2, 0.25) is 0 Å². The van der Waals surface area contributed by atoms with Crippen LogP contribution >= 0.6 is 0 Å². The minimum atomic E-state index is -0.0770. The van der Waals surface area contributed by atoms with E-state index in [1.54, 1.807) is 0 Å². The Morgan fingerprint density at radius 3 is 2.71 bits per heavy atom. The molecule has 4 saturated carbocycles. The molecule has 7 atom stereocenters. The molecule has 1 N–H and O–H groups in total. The first-order valence-electron chi connectivity index (χ1n) is 9.45. The van der Waals surface area contributed by atoms with Crippen molar-refractivity contribution in [2.45, 2.75) is 77.2 Å². The van der Waals surface area contributed by atoms with Gasteiger partial charge in [-0.15, -0.1) is 0 Å². The Labute approximate surface area is 129 Å². The number of ether oxygens (including phenoxy) is 1. The highest BCUT2D eigenvalue weighted by Gasteiger charge is 2.54. The molecule has 0 heterocycles. The van der Waals surface area contributed by atoms with Gasteiger partial charge in [-0.2, -0.15) is 0 Å². The predicted molar refractivity (Wildman–Crippen MR) is 83.7 cm³/mol. The van der Waals surface area contributed by atoms with Gasteiger partial charge in [-0.05, 0) is 86.4 Å². The molecule has 0 aliphatic heterocycles. The first kappa shape index (κ1) is 14.5. The zero-order valence-electron chi connectivity index (χ0n) is 13.6. The van der Waals surface area contributed by atoms with Gasteiger partial charge < -0.3 is 9.84 Å². The first-order valence-corrected chi connectivity index (χ1v) is 9.45. The second-order valence-electron chi connectivity index (χ2n) is 8.70. The van der Waals surface area contributed by atoms with Crippen LogP contribution in [-0.2, 0) is 4.74 Å². The minimum Gasteiger partial charge on any atom is -0.371 e. The lowest BCUT2D eigenvalue weighted by Gasteiger charge is -2.56. The van der Waals surface area contributed by atoms with Crippen molar-refractivity contribution >= 4 is 0 Å². The molecule has 0 aromatic rings. The summed E-state index contributed by atoms with van der Waals surface area (Å²) in [5.41, 5.74) is 0.663. The summed E-state index contributed by atoms with van der Waals surface area (Å²) in [5, 5.41) is 9.27. The summed E-state index contributed by atoms with van der Waals surface area (Å²) in [6.45, 7) is 2.50. The van der Waals surface area contributed by atoms with Crippen LogP contribution in [0.2, 0.25) is 0 Å². The number of fused-ring (bicyclic) bond motifs is 5. The molecule has 0 bridgehead atoms. The van der Waals surface area contributed by atoms with E-state index in [0.717, 1.165) is 29.6 Å². The van der Waals surface area contributed by atoms with Crippen LogP contribution in [0.3, 0.4) is 0 Å². The number of hydrogen-bond donors (Lipinski definition) is 1. The Morgan fingerprint density at radius 1 is 0.952 bits per heavy atom. The molecule has 0 amide bonds. The minimum absolute atomic E-state index is 0.0770. The first-order chi connectivity index (χ1) is 10.2. The van der Waals surface area contributed by atoms with Crippen LogP contribution in [0.5, 0.6) is 0 Å². The van der Waals surface area contributed by atoms with E-state index < -0.39 is 0 Å². The Hall–Kier alpha value is -0.0800. The monoisotopic (exact) mass is 292 g/mol. The summed E-state index contributed by atoms with van der Waals surface area (Å²) in [6.07, 6.45) is 14.5. The summed E-state index contributed by atoms with van der Waals surface area (Å²) in [4.78, 5) is 0. The van der Waals surface area contributed by atoms with E-state index in [1.807, 2.05) is 0 Å². The van der Waals surface area contributed by atoms with Crippen LogP contribution in [0.4, 0.5) is 0 Å². The number of hydrogen-bond acceptors (Lipinski definition) is 2. The maximum absolute atomic E-state index is 9.27.